The van der Waals surface area contributed by atoms with Crippen LogP contribution in [0.3, 0.4) is 0 Å². The van der Waals surface area contributed by atoms with E-state index in [1.807, 2.05) is 0 Å². The Morgan fingerprint density at radius 2 is 1.95 bits per heavy atom. The van der Waals surface area contributed by atoms with E-state index in [4.69, 9.17) is 15.0 Å². The molecule has 0 heterocycles. The number of nitrogens with zero attached hydrogens (tertiary/aromatic N) is 2. The van der Waals surface area contributed by atoms with Gasteiger partial charge >= 0.3 is 0 Å². The molecule has 0 aromatic heterocycles. The van der Waals surface area contributed by atoms with Crippen LogP contribution in [0, 0.1) is 5.53 Å². The first-order valence-electron chi connectivity index (χ1n) is 5.52. The van der Waals surface area contributed by atoms with E-state index in [0.717, 1.165) is 0 Å². The van der Waals surface area contributed by atoms with Crippen molar-refractivity contribution in [3.8, 4) is 11.5 Å². The third-order valence-electron chi connectivity index (χ3n) is 2.35. The summed E-state index contributed by atoms with van der Waals surface area (Å²) in [7, 11) is 3.03. The van der Waals surface area contributed by atoms with Gasteiger partial charge in [-0.1, -0.05) is 12.1 Å². The number of carboxylic acids is 1. The van der Waals surface area contributed by atoms with Crippen LogP contribution in [0.2, 0.25) is 0 Å². The third-order valence-corrected chi connectivity index (χ3v) is 2.35. The summed E-state index contributed by atoms with van der Waals surface area (Å²) in [6.07, 6.45) is 4.19. The molecule has 0 bridgehead atoms. The first-order chi connectivity index (χ1) is 9.63. The first-order valence-corrected chi connectivity index (χ1v) is 5.52. The number of nitrogens with one attached hydrogen (secondary N) is 1. The Labute approximate surface area is 115 Å². The number of carbonyl (C=O) groups excluding carboxylic acids is 1. The van der Waals surface area contributed by atoms with Crippen molar-refractivity contribution in [1.29, 1.82) is 5.53 Å². The van der Waals surface area contributed by atoms with Crippen molar-refractivity contribution >= 4 is 12.0 Å². The van der Waals surface area contributed by atoms with E-state index in [-0.39, 0.29) is 0 Å². The lowest BCUT2D eigenvalue weighted by molar-refractivity contribution is -0.299. The molecule has 0 radical (unpaired) electrons. The summed E-state index contributed by atoms with van der Waals surface area (Å²) < 4.78 is 10.4. The molecule has 0 amide bonds. The Kier molecular flexibility index (Phi) is 5.68. The molecule has 1 aromatic rings. The molecule has 0 unspecified atom stereocenters. The molecule has 0 fully saturated rings. The highest BCUT2D eigenvalue weighted by Gasteiger charge is 2.06. The van der Waals surface area contributed by atoms with E-state index in [2.05, 4.69) is 10.0 Å². The number of ether oxygens (including phenoxy) is 2. The van der Waals surface area contributed by atoms with Crippen LogP contribution in [-0.4, -0.2) is 20.2 Å². The number of carbonyl (C=O) groups is 1. The van der Waals surface area contributed by atoms with Crippen molar-refractivity contribution in [2.24, 2.45) is 5.11 Å². The molecule has 20 heavy (non-hydrogen) atoms. The lowest BCUT2D eigenvalue weighted by atomic mass is 10.1. The van der Waals surface area contributed by atoms with Gasteiger partial charge in [-0.2, -0.15) is 0 Å². The molecule has 0 atom stereocenters. The fourth-order valence-corrected chi connectivity index (χ4v) is 1.48. The molecule has 0 aliphatic rings. The van der Waals surface area contributed by atoms with E-state index in [1.54, 1.807) is 24.3 Å². The van der Waals surface area contributed by atoms with Crippen molar-refractivity contribution in [1.82, 2.24) is 4.91 Å². The van der Waals surface area contributed by atoms with Crippen molar-refractivity contribution in [2.45, 2.75) is 0 Å². The van der Waals surface area contributed by atoms with E-state index in [0.29, 0.717) is 17.1 Å². The zero-order valence-corrected chi connectivity index (χ0v) is 11.0. The Morgan fingerprint density at radius 3 is 2.40 bits per heavy atom. The van der Waals surface area contributed by atoms with Gasteiger partial charge < -0.3 is 19.4 Å². The number of carboxylic acid groups (broad SMARTS) is 1. The summed E-state index contributed by atoms with van der Waals surface area (Å²) >= 11 is 0. The molecule has 1 rings (SSSR count). The van der Waals surface area contributed by atoms with Gasteiger partial charge in [-0.15, -0.1) is 0 Å². The summed E-state index contributed by atoms with van der Waals surface area (Å²) in [4.78, 5) is 13.3. The number of rotatable bonds is 6. The lowest BCUT2D eigenvalue weighted by Crippen LogP contribution is -2.23. The third kappa shape index (κ3) is 3.79. The Hall–Kier alpha value is -2.92. The largest absolute Gasteiger partial charge is 0.543 e. The first kappa shape index (κ1) is 15.1. The number of aliphatic carboxylic acids is 1. The monoisotopic (exact) mass is 275 g/mol. The quantitative estimate of drug-likeness (QED) is 0.360. The van der Waals surface area contributed by atoms with Gasteiger partial charge in [0, 0.05) is 0 Å². The summed E-state index contributed by atoms with van der Waals surface area (Å²) in [6.45, 7) is 0. The minimum absolute atomic E-state index is 0.454. The molecule has 7 heteroatoms. The Morgan fingerprint density at radius 1 is 1.35 bits per heavy atom. The van der Waals surface area contributed by atoms with E-state index < -0.39 is 11.7 Å². The zero-order chi connectivity index (χ0) is 15.0. The molecule has 1 N–H and O–H groups in total. The van der Waals surface area contributed by atoms with Crippen LogP contribution >= 0.6 is 0 Å². The second-order valence-electron chi connectivity index (χ2n) is 3.47. The highest BCUT2D eigenvalue weighted by atomic mass is 16.5. The summed E-state index contributed by atoms with van der Waals surface area (Å²) in [5.41, 5.74) is 6.71. The summed E-state index contributed by atoms with van der Waals surface area (Å²) in [5, 5.41) is 13.8. The molecule has 0 aliphatic carbocycles. The molecule has 0 saturated heterocycles. The minimum atomic E-state index is -1.52. The predicted molar refractivity (Wildman–Crippen MR) is 69.0 cm³/mol. The molecule has 104 valence electrons. The van der Waals surface area contributed by atoms with Crippen molar-refractivity contribution < 1.29 is 19.4 Å². The maximum atomic E-state index is 10.7. The molecule has 0 spiro atoms. The fraction of sp³-hybridized carbons (Fsp3) is 0.154. The smallest absolute Gasteiger partial charge is 0.220 e. The van der Waals surface area contributed by atoms with Crippen LogP contribution in [0.5, 0.6) is 11.5 Å². The average molecular weight is 275 g/mol. The zero-order valence-electron chi connectivity index (χ0n) is 11.0. The Balaban J connectivity index is 3.15. The van der Waals surface area contributed by atoms with Gasteiger partial charge in [0.2, 0.25) is 4.91 Å². The summed E-state index contributed by atoms with van der Waals surface area (Å²) in [6, 6.07) is 5.26. The van der Waals surface area contributed by atoms with Crippen molar-refractivity contribution in [3.63, 3.8) is 0 Å². The van der Waals surface area contributed by atoms with Gasteiger partial charge in [-0.25, -0.2) is 0 Å². The van der Waals surface area contributed by atoms with Crippen LogP contribution in [0.25, 0.3) is 6.08 Å². The van der Waals surface area contributed by atoms with Crippen LogP contribution < -0.4 is 19.5 Å². The number of hydrogen-bond donors (Lipinski definition) is 1. The fourth-order valence-electron chi connectivity index (χ4n) is 1.48. The van der Waals surface area contributed by atoms with E-state index in [1.165, 1.54) is 26.4 Å². The topological polar surface area (TPSA) is 109 Å². The standard InChI is InChI=1S/C13H13N3O4/c1-19-11-7-4-8-12(20-2)9(11)5-3-6-10(13(17)18)15-16-14/h3-8,14H,1-2H3. The molecular formula is C13H13N3O4. The van der Waals surface area contributed by atoms with Gasteiger partial charge in [0.25, 0.3) is 0 Å². The molecule has 0 aliphatic heterocycles. The minimum Gasteiger partial charge on any atom is -0.543 e. The predicted octanol–water partition coefficient (Wildman–Crippen LogP) is 0.901. The Bertz CT molecular complexity index is 575. The van der Waals surface area contributed by atoms with Gasteiger partial charge in [0.1, 0.15) is 17.0 Å². The van der Waals surface area contributed by atoms with Crippen molar-refractivity contribution in [3.05, 3.63) is 41.6 Å². The number of allylic oxidation sites excluding steroid dienone is 2. The van der Waals surface area contributed by atoms with E-state index in [9.17, 15) is 9.90 Å². The van der Waals surface area contributed by atoms with E-state index >= 15 is 0 Å². The van der Waals surface area contributed by atoms with Gasteiger partial charge in [0.15, 0.2) is 10.8 Å². The number of methoxy groups -OCH3 is 2. The normalized spacial score (nSPS) is 11.0. The molecular weight excluding hydrogens is 262 g/mol. The molecule has 1 aromatic carbocycles. The van der Waals surface area contributed by atoms with Crippen LogP contribution in [0.4, 0.5) is 0 Å². The number of hydrogen-bond acceptors (Lipinski definition) is 6. The highest BCUT2D eigenvalue weighted by molar-refractivity contribution is 5.84. The maximum Gasteiger partial charge on any atom is 0.220 e. The average Bonchev–Trinajstić information content (AvgIpc) is 2.46. The van der Waals surface area contributed by atoms with Crippen LogP contribution in [0.1, 0.15) is 5.56 Å². The maximum absolute atomic E-state index is 10.7. The highest BCUT2D eigenvalue weighted by Crippen LogP contribution is 2.29. The van der Waals surface area contributed by atoms with Crippen molar-refractivity contribution in [2.75, 3.05) is 14.2 Å². The molecule has 0 saturated carbocycles. The summed E-state index contributed by atoms with van der Waals surface area (Å²) in [5.74, 6) is -0.366. The lowest BCUT2D eigenvalue weighted by Gasteiger charge is -2.09. The second kappa shape index (κ2) is 7.50. The number of benzene rings is 1. The SMILES string of the molecule is COc1cccc(OC)c1C=CC=C(N=[N+]=N)C(=O)[O-]. The second-order valence-corrected chi connectivity index (χ2v) is 3.47. The van der Waals surface area contributed by atoms with Gasteiger partial charge in [0.05, 0.1) is 25.8 Å². The molecule has 7 nitrogen and oxygen atoms in total. The van der Waals surface area contributed by atoms with Crippen LogP contribution in [-0.2, 0) is 4.79 Å². The van der Waals surface area contributed by atoms with Gasteiger partial charge in [-0.3, -0.25) is 0 Å². The van der Waals surface area contributed by atoms with Gasteiger partial charge in [-0.05, 0) is 24.3 Å². The van der Waals surface area contributed by atoms with Crippen LogP contribution in [0.15, 0.2) is 41.2 Å².